The summed E-state index contributed by atoms with van der Waals surface area (Å²) in [6.45, 7) is 0. The molecule has 0 aliphatic carbocycles. The van der Waals surface area contributed by atoms with E-state index in [0.29, 0.717) is 12.8 Å². The minimum atomic E-state index is -0.870. The molecule has 2 N–H and O–H groups in total. The molecule has 0 aromatic rings. The molecule has 12 heavy (non-hydrogen) atoms. The van der Waals surface area contributed by atoms with Crippen LogP contribution in [0.2, 0.25) is 1.02 Å². The Morgan fingerprint density at radius 1 is 1.00 bits per heavy atom. The SMILES string of the molecule is O=C(O)CCCCC(=O)O.[CH3][K]. The predicted molar refractivity (Wildman–Crippen MR) is 45.4 cm³/mol. The number of hydrogen-bond donors (Lipinski definition) is 2. The molecule has 0 atom stereocenters. The number of unbranched alkanes of at least 4 members (excludes halogenated alkanes) is 1. The number of carbonyl (C=O) groups is 2. The van der Waals surface area contributed by atoms with Gasteiger partial charge in [-0.1, -0.05) is 0 Å². The summed E-state index contributed by atoms with van der Waals surface area (Å²) in [6.07, 6.45) is 1.02. The van der Waals surface area contributed by atoms with Crippen molar-refractivity contribution in [2.45, 2.75) is 26.7 Å². The summed E-state index contributed by atoms with van der Waals surface area (Å²) in [4.78, 5) is 19.8. The van der Waals surface area contributed by atoms with Crippen LogP contribution in [-0.4, -0.2) is 71.1 Å². The molecule has 0 unspecified atom stereocenters. The van der Waals surface area contributed by atoms with Crippen molar-refractivity contribution < 1.29 is 19.8 Å². The first-order chi connectivity index (χ1) is 5.63. The molecular weight excluding hydrogens is 187 g/mol. The predicted octanol–water partition coefficient (Wildman–Crippen LogP) is 0.919. The molecule has 0 aliphatic rings. The Morgan fingerprint density at radius 2 is 1.25 bits per heavy atom. The molecule has 66 valence electrons. The van der Waals surface area contributed by atoms with E-state index in [1.807, 2.05) is 0 Å². The van der Waals surface area contributed by atoms with Gasteiger partial charge in [0.2, 0.25) is 0 Å². The Labute approximate surface area is 106 Å². The fourth-order valence-corrected chi connectivity index (χ4v) is 0.552. The normalized spacial score (nSPS) is 8.25. The van der Waals surface area contributed by atoms with Crippen LogP contribution in [0.5, 0.6) is 0 Å². The molecule has 0 amide bonds. The van der Waals surface area contributed by atoms with Crippen LogP contribution in [0.15, 0.2) is 0 Å². The molecule has 0 aromatic carbocycles. The second-order valence-corrected chi connectivity index (χ2v) is 1.99. The Bertz CT molecular complexity index is 119. The third-order valence-corrected chi connectivity index (χ3v) is 1.03. The van der Waals surface area contributed by atoms with Crippen LogP contribution in [-0.2, 0) is 9.59 Å². The Morgan fingerprint density at radius 3 is 1.42 bits per heavy atom. The molecule has 0 aliphatic heterocycles. The minimum absolute atomic E-state index is 0.0628. The zero-order valence-electron chi connectivity index (χ0n) is 7.54. The first-order valence-electron chi connectivity index (χ1n) is 4.06. The van der Waals surface area contributed by atoms with E-state index in [4.69, 9.17) is 10.2 Å². The summed E-state index contributed by atoms with van der Waals surface area (Å²) >= 11 is 1.06. The van der Waals surface area contributed by atoms with Gasteiger partial charge in [-0.25, -0.2) is 0 Å². The first kappa shape index (κ1) is 15.1. The average Bonchev–Trinajstić information content (AvgIpc) is 2.02. The standard InChI is InChI=1S/C6H10O4.CH3.K/c7-5(8)3-1-2-4-6(9)10;;/h1-4H2,(H,7,8)(H,9,10);1H3;. The number of rotatable bonds is 5. The van der Waals surface area contributed by atoms with Gasteiger partial charge in [0.1, 0.15) is 0 Å². The molecule has 4 nitrogen and oxygen atoms in total. The van der Waals surface area contributed by atoms with E-state index in [9.17, 15) is 9.59 Å². The van der Waals surface area contributed by atoms with Crippen LogP contribution in [0.25, 0.3) is 0 Å². The van der Waals surface area contributed by atoms with Crippen molar-refractivity contribution in [2.24, 2.45) is 0 Å². The molecule has 0 aromatic heterocycles. The Hall–Kier alpha value is 0.576. The number of carboxylic acid groups (broad SMARTS) is 2. The molecule has 0 spiro atoms. The molecule has 0 saturated heterocycles. The van der Waals surface area contributed by atoms with E-state index in [0.717, 1.165) is 49.0 Å². The Balaban J connectivity index is 0. The zero-order valence-corrected chi connectivity index (χ0v) is 10.7. The van der Waals surface area contributed by atoms with Crippen LogP contribution in [0, 0.1) is 0 Å². The molecular formula is C7H13KO4. The van der Waals surface area contributed by atoms with Gasteiger partial charge < -0.3 is 10.2 Å². The monoisotopic (exact) mass is 200 g/mol. The first-order valence-corrected chi connectivity index (χ1v) is 7.19. The summed E-state index contributed by atoms with van der Waals surface area (Å²) < 4.78 is 2.19. The van der Waals surface area contributed by atoms with Gasteiger partial charge in [0.15, 0.2) is 0 Å². The van der Waals surface area contributed by atoms with Crippen LogP contribution in [0.1, 0.15) is 25.7 Å². The summed E-state index contributed by atoms with van der Waals surface area (Å²) in [7, 11) is 0. The third-order valence-electron chi connectivity index (χ3n) is 1.03. The van der Waals surface area contributed by atoms with E-state index >= 15 is 0 Å². The van der Waals surface area contributed by atoms with Crippen molar-refractivity contribution in [2.75, 3.05) is 0 Å². The maximum absolute atomic E-state index is 9.90. The van der Waals surface area contributed by atoms with Gasteiger partial charge >= 0.3 is 61.9 Å². The van der Waals surface area contributed by atoms with Crippen molar-refractivity contribution in [3.8, 4) is 0 Å². The van der Waals surface area contributed by atoms with E-state index < -0.39 is 11.9 Å². The van der Waals surface area contributed by atoms with E-state index in [-0.39, 0.29) is 12.8 Å². The molecule has 5 heteroatoms. The summed E-state index contributed by atoms with van der Waals surface area (Å²) in [5, 5.41) is 16.3. The third kappa shape index (κ3) is 16.9. The molecule has 0 bridgehead atoms. The second kappa shape index (κ2) is 11.6. The van der Waals surface area contributed by atoms with Gasteiger partial charge in [0.25, 0.3) is 0 Å². The summed E-state index contributed by atoms with van der Waals surface area (Å²) in [5.74, 6) is -1.74. The number of aliphatic carboxylic acids is 2. The van der Waals surface area contributed by atoms with Crippen molar-refractivity contribution in [3.05, 3.63) is 0 Å². The summed E-state index contributed by atoms with van der Waals surface area (Å²) in [6, 6.07) is 0. The van der Waals surface area contributed by atoms with E-state index in [1.165, 1.54) is 0 Å². The fourth-order valence-electron chi connectivity index (χ4n) is 0.552. The van der Waals surface area contributed by atoms with Gasteiger partial charge in [-0.2, -0.15) is 0 Å². The van der Waals surface area contributed by atoms with Gasteiger partial charge in [-0.3, -0.25) is 9.59 Å². The van der Waals surface area contributed by atoms with Gasteiger partial charge in [0, 0.05) is 12.8 Å². The molecule has 0 fully saturated rings. The van der Waals surface area contributed by atoms with Crippen molar-refractivity contribution in [1.29, 1.82) is 0 Å². The topological polar surface area (TPSA) is 74.6 Å². The zero-order chi connectivity index (χ0) is 9.98. The maximum atomic E-state index is 9.90. The number of carboxylic acids is 2. The van der Waals surface area contributed by atoms with Crippen LogP contribution < -0.4 is 0 Å². The van der Waals surface area contributed by atoms with Crippen LogP contribution in [0.4, 0.5) is 0 Å². The van der Waals surface area contributed by atoms with Gasteiger partial charge in [0.05, 0.1) is 0 Å². The average molecular weight is 200 g/mol. The Kier molecular flexibility index (Phi) is 14.5. The van der Waals surface area contributed by atoms with Gasteiger partial charge in [-0.15, -0.1) is 0 Å². The van der Waals surface area contributed by atoms with Crippen molar-refractivity contribution >= 4 is 60.9 Å². The molecule has 0 heterocycles. The van der Waals surface area contributed by atoms with E-state index in [1.54, 1.807) is 0 Å². The van der Waals surface area contributed by atoms with Crippen molar-refractivity contribution in [1.82, 2.24) is 0 Å². The van der Waals surface area contributed by atoms with Gasteiger partial charge in [-0.05, 0) is 12.8 Å². The quantitative estimate of drug-likeness (QED) is 0.511. The van der Waals surface area contributed by atoms with Crippen molar-refractivity contribution in [3.63, 3.8) is 0 Å². The molecule has 0 radical (unpaired) electrons. The number of hydrogen-bond acceptors (Lipinski definition) is 2. The molecule has 0 rings (SSSR count). The van der Waals surface area contributed by atoms with Crippen LogP contribution in [0.3, 0.4) is 0 Å². The second-order valence-electron chi connectivity index (χ2n) is 1.99. The summed E-state index contributed by atoms with van der Waals surface area (Å²) in [5.41, 5.74) is 0. The van der Waals surface area contributed by atoms with E-state index in [2.05, 4.69) is 1.02 Å². The molecule has 0 saturated carbocycles. The fraction of sp³-hybridized carbons (Fsp3) is 0.714. The van der Waals surface area contributed by atoms with Crippen LogP contribution >= 0.6 is 0 Å².